The summed E-state index contributed by atoms with van der Waals surface area (Å²) in [7, 11) is 0. The zero-order valence-corrected chi connectivity index (χ0v) is 11.9. The van der Waals surface area contributed by atoms with Crippen LogP contribution in [0.3, 0.4) is 0 Å². The van der Waals surface area contributed by atoms with Crippen LogP contribution in [0.1, 0.15) is 30.1 Å². The van der Waals surface area contributed by atoms with E-state index in [4.69, 9.17) is 0 Å². The number of hydrogen-bond donors (Lipinski definition) is 2. The first-order valence-electron chi connectivity index (χ1n) is 7.01. The minimum absolute atomic E-state index is 0.0494. The molecule has 3 rings (SSSR count). The molecule has 1 heterocycles. The molecular formula is C15H18N4O2. The minimum Gasteiger partial charge on any atom is -0.394 e. The van der Waals surface area contributed by atoms with E-state index in [1.807, 2.05) is 13.0 Å². The summed E-state index contributed by atoms with van der Waals surface area (Å²) < 4.78 is 1.60. The summed E-state index contributed by atoms with van der Waals surface area (Å²) in [5, 5.41) is 16.6. The summed E-state index contributed by atoms with van der Waals surface area (Å²) in [5.74, 6) is 0.186. The molecule has 1 fully saturated rings. The Balaban J connectivity index is 1.80. The highest BCUT2D eigenvalue weighted by Crippen LogP contribution is 2.39. The van der Waals surface area contributed by atoms with E-state index in [1.165, 1.54) is 6.33 Å². The van der Waals surface area contributed by atoms with Gasteiger partial charge in [-0.1, -0.05) is 6.07 Å². The van der Waals surface area contributed by atoms with Crippen molar-refractivity contribution >= 4 is 5.91 Å². The fraction of sp³-hybridized carbons (Fsp3) is 0.400. The summed E-state index contributed by atoms with van der Waals surface area (Å²) in [5.41, 5.74) is 0.779. The molecule has 110 valence electrons. The predicted molar refractivity (Wildman–Crippen MR) is 77.0 cm³/mol. The van der Waals surface area contributed by atoms with Crippen molar-refractivity contribution in [3.63, 3.8) is 0 Å². The van der Waals surface area contributed by atoms with Gasteiger partial charge in [-0.3, -0.25) is 4.79 Å². The quantitative estimate of drug-likeness (QED) is 0.864. The van der Waals surface area contributed by atoms with E-state index in [9.17, 15) is 9.90 Å². The van der Waals surface area contributed by atoms with Crippen LogP contribution in [0.5, 0.6) is 0 Å². The first-order valence-corrected chi connectivity index (χ1v) is 7.01. The standard InChI is InChI=1S/C15H18N4O2/c1-15(8-20,12-5-6-12)18-14(21)11-3-2-4-13(7-11)19-10-16-9-17-19/h2-4,7,9-10,12,20H,5-6,8H2,1H3,(H,18,21). The Labute approximate surface area is 122 Å². The number of rotatable bonds is 5. The van der Waals surface area contributed by atoms with E-state index in [0.29, 0.717) is 11.5 Å². The first-order chi connectivity index (χ1) is 10.1. The van der Waals surface area contributed by atoms with Crippen molar-refractivity contribution in [2.24, 2.45) is 5.92 Å². The third-order valence-electron chi connectivity index (χ3n) is 4.00. The summed E-state index contributed by atoms with van der Waals surface area (Å²) in [6, 6.07) is 7.17. The number of carbonyl (C=O) groups excluding carboxylic acids is 1. The number of aromatic nitrogens is 3. The van der Waals surface area contributed by atoms with Gasteiger partial charge in [0.2, 0.25) is 0 Å². The Hall–Kier alpha value is -2.21. The molecule has 0 bridgehead atoms. The van der Waals surface area contributed by atoms with E-state index in [1.54, 1.807) is 29.2 Å². The summed E-state index contributed by atoms with van der Waals surface area (Å²) in [6.45, 7) is 1.84. The van der Waals surface area contributed by atoms with Crippen LogP contribution in [0, 0.1) is 5.92 Å². The number of nitrogens with one attached hydrogen (secondary N) is 1. The average molecular weight is 286 g/mol. The van der Waals surface area contributed by atoms with Crippen molar-refractivity contribution in [1.29, 1.82) is 0 Å². The Morgan fingerprint density at radius 1 is 1.52 bits per heavy atom. The molecule has 21 heavy (non-hydrogen) atoms. The molecule has 0 saturated heterocycles. The van der Waals surface area contributed by atoms with Gasteiger partial charge in [0, 0.05) is 5.56 Å². The van der Waals surface area contributed by atoms with Crippen molar-refractivity contribution in [3.05, 3.63) is 42.5 Å². The van der Waals surface area contributed by atoms with Gasteiger partial charge in [0.25, 0.3) is 5.91 Å². The molecule has 1 saturated carbocycles. The van der Waals surface area contributed by atoms with Gasteiger partial charge in [-0.25, -0.2) is 9.67 Å². The Bertz CT molecular complexity index is 637. The topological polar surface area (TPSA) is 80.0 Å². The van der Waals surface area contributed by atoms with Gasteiger partial charge in [0.1, 0.15) is 12.7 Å². The number of aliphatic hydroxyl groups is 1. The van der Waals surface area contributed by atoms with Gasteiger partial charge in [-0.2, -0.15) is 5.10 Å². The number of aliphatic hydroxyl groups excluding tert-OH is 1. The van der Waals surface area contributed by atoms with Crippen molar-refractivity contribution in [2.45, 2.75) is 25.3 Å². The fourth-order valence-corrected chi connectivity index (χ4v) is 2.45. The zero-order valence-electron chi connectivity index (χ0n) is 11.9. The van der Waals surface area contributed by atoms with Crippen molar-refractivity contribution in [2.75, 3.05) is 6.61 Å². The number of carbonyl (C=O) groups is 1. The molecule has 2 N–H and O–H groups in total. The van der Waals surface area contributed by atoms with Crippen LogP contribution in [0.25, 0.3) is 5.69 Å². The van der Waals surface area contributed by atoms with Crippen LogP contribution < -0.4 is 5.32 Å². The van der Waals surface area contributed by atoms with Gasteiger partial charge in [0.15, 0.2) is 0 Å². The smallest absolute Gasteiger partial charge is 0.251 e. The first kappa shape index (κ1) is 13.8. The van der Waals surface area contributed by atoms with Crippen molar-refractivity contribution in [3.8, 4) is 5.69 Å². The Kier molecular flexibility index (Phi) is 3.47. The lowest BCUT2D eigenvalue weighted by atomic mass is 9.96. The highest BCUT2D eigenvalue weighted by Gasteiger charge is 2.42. The minimum atomic E-state index is -0.541. The summed E-state index contributed by atoms with van der Waals surface area (Å²) in [6.07, 6.45) is 5.13. The Morgan fingerprint density at radius 3 is 2.95 bits per heavy atom. The lowest BCUT2D eigenvalue weighted by Gasteiger charge is -2.28. The molecule has 6 heteroatoms. The molecule has 1 aliphatic rings. The summed E-state index contributed by atoms with van der Waals surface area (Å²) >= 11 is 0. The lowest BCUT2D eigenvalue weighted by molar-refractivity contribution is 0.0824. The third kappa shape index (κ3) is 2.80. The molecular weight excluding hydrogens is 268 g/mol. The second kappa shape index (κ2) is 5.29. The number of benzene rings is 1. The van der Waals surface area contributed by atoms with Crippen LogP contribution in [0.2, 0.25) is 0 Å². The highest BCUT2D eigenvalue weighted by molar-refractivity contribution is 5.95. The maximum atomic E-state index is 12.4. The van der Waals surface area contributed by atoms with E-state index >= 15 is 0 Å². The SMILES string of the molecule is CC(CO)(NC(=O)c1cccc(-n2cncn2)c1)C1CC1. The molecule has 1 atom stereocenters. The maximum absolute atomic E-state index is 12.4. The average Bonchev–Trinajstić information content (AvgIpc) is 3.23. The van der Waals surface area contributed by atoms with Crippen LogP contribution in [-0.4, -0.2) is 37.9 Å². The van der Waals surface area contributed by atoms with Gasteiger partial charge >= 0.3 is 0 Å². The highest BCUT2D eigenvalue weighted by atomic mass is 16.3. The second-order valence-corrected chi connectivity index (χ2v) is 5.69. The van der Waals surface area contributed by atoms with E-state index < -0.39 is 5.54 Å². The molecule has 2 aromatic rings. The molecule has 0 spiro atoms. The van der Waals surface area contributed by atoms with Gasteiger partial charge < -0.3 is 10.4 Å². The van der Waals surface area contributed by atoms with Gasteiger partial charge in [-0.15, -0.1) is 0 Å². The second-order valence-electron chi connectivity index (χ2n) is 5.69. The van der Waals surface area contributed by atoms with Crippen LogP contribution in [-0.2, 0) is 0 Å². The number of hydrogen-bond acceptors (Lipinski definition) is 4. The predicted octanol–water partition coefficient (Wildman–Crippen LogP) is 1.16. The fourth-order valence-electron chi connectivity index (χ4n) is 2.45. The number of amides is 1. The zero-order chi connectivity index (χ0) is 14.9. The van der Waals surface area contributed by atoms with Gasteiger partial charge in [0.05, 0.1) is 17.8 Å². The van der Waals surface area contributed by atoms with Crippen molar-refractivity contribution < 1.29 is 9.90 Å². The monoisotopic (exact) mass is 286 g/mol. The molecule has 1 unspecified atom stereocenters. The van der Waals surface area contributed by atoms with Gasteiger partial charge in [-0.05, 0) is 43.9 Å². The van der Waals surface area contributed by atoms with Crippen LogP contribution in [0.4, 0.5) is 0 Å². The number of nitrogens with zero attached hydrogens (tertiary/aromatic N) is 3. The molecule has 6 nitrogen and oxygen atoms in total. The summed E-state index contributed by atoms with van der Waals surface area (Å²) in [4.78, 5) is 16.3. The Morgan fingerprint density at radius 2 is 2.33 bits per heavy atom. The van der Waals surface area contributed by atoms with E-state index in [2.05, 4.69) is 15.4 Å². The largest absolute Gasteiger partial charge is 0.394 e. The lowest BCUT2D eigenvalue weighted by Crippen LogP contribution is -2.50. The van der Waals surface area contributed by atoms with Crippen LogP contribution in [0.15, 0.2) is 36.9 Å². The van der Waals surface area contributed by atoms with Crippen molar-refractivity contribution in [1.82, 2.24) is 20.1 Å². The molecule has 1 aromatic carbocycles. The molecule has 1 aromatic heterocycles. The molecule has 0 aliphatic heterocycles. The molecule has 0 radical (unpaired) electrons. The molecule has 1 amide bonds. The maximum Gasteiger partial charge on any atom is 0.251 e. The van der Waals surface area contributed by atoms with E-state index in [-0.39, 0.29) is 12.5 Å². The normalized spacial score (nSPS) is 17.2. The molecule has 1 aliphatic carbocycles. The van der Waals surface area contributed by atoms with Crippen LogP contribution >= 0.6 is 0 Å². The third-order valence-corrected chi connectivity index (χ3v) is 4.00. The van der Waals surface area contributed by atoms with E-state index in [0.717, 1.165) is 18.5 Å².